The largest absolute Gasteiger partial charge is 0.513 e. The van der Waals surface area contributed by atoms with Gasteiger partial charge in [-0.15, -0.1) is 0 Å². The average molecular weight is 527 g/mol. The molecule has 0 aromatic heterocycles. The molecule has 204 valence electrons. The second-order valence-electron chi connectivity index (χ2n) is 7.44. The van der Waals surface area contributed by atoms with Gasteiger partial charge in [0.05, 0.1) is 14.2 Å². The van der Waals surface area contributed by atoms with Gasteiger partial charge in [0.25, 0.3) is 5.91 Å². The summed E-state index contributed by atoms with van der Waals surface area (Å²) in [5.41, 5.74) is -0.101. The van der Waals surface area contributed by atoms with Crippen molar-refractivity contribution in [2.24, 2.45) is 0 Å². The van der Waals surface area contributed by atoms with Gasteiger partial charge < -0.3 is 34.7 Å². The van der Waals surface area contributed by atoms with Gasteiger partial charge in [0.1, 0.15) is 12.1 Å². The fraction of sp³-hybridized carbons (Fsp3) is 0.455. The highest BCUT2D eigenvalue weighted by atomic mass is 16.7. The van der Waals surface area contributed by atoms with E-state index in [-0.39, 0.29) is 36.3 Å². The Balaban J connectivity index is 3.07. The van der Waals surface area contributed by atoms with Gasteiger partial charge in [-0.3, -0.25) is 19.6 Å². The molecule has 1 aromatic carbocycles. The zero-order valence-electron chi connectivity index (χ0n) is 20.6. The molecule has 1 rings (SSSR count). The van der Waals surface area contributed by atoms with Crippen LogP contribution in [-0.4, -0.2) is 84.7 Å². The number of carboxylic acid groups (broad SMARTS) is 1. The highest BCUT2D eigenvalue weighted by molar-refractivity contribution is 5.98. The van der Waals surface area contributed by atoms with E-state index in [4.69, 9.17) is 14.7 Å². The maximum absolute atomic E-state index is 12.9. The molecule has 37 heavy (non-hydrogen) atoms. The summed E-state index contributed by atoms with van der Waals surface area (Å²) in [5, 5.41) is 23.5. The molecule has 0 saturated heterocycles. The van der Waals surface area contributed by atoms with Crippen LogP contribution in [0.2, 0.25) is 0 Å². The molecule has 0 spiro atoms. The molecule has 0 aliphatic rings. The number of carboxylic acids is 1. The van der Waals surface area contributed by atoms with Gasteiger partial charge in [-0.05, 0) is 31.0 Å². The number of carbonyl (C=O) groups excluding carboxylic acids is 5. The number of methoxy groups -OCH3 is 2. The van der Waals surface area contributed by atoms with Crippen molar-refractivity contribution in [1.29, 1.82) is 0 Å². The molecule has 0 bridgehead atoms. The number of nitrogens with one attached hydrogen (secondary N) is 2. The zero-order valence-corrected chi connectivity index (χ0v) is 20.6. The summed E-state index contributed by atoms with van der Waals surface area (Å²) in [5.74, 6) is -4.38. The molecule has 15 nitrogen and oxygen atoms in total. The molecule has 0 aliphatic carbocycles. The number of nitrogens with zero attached hydrogens (tertiary/aromatic N) is 1. The van der Waals surface area contributed by atoms with E-state index in [1.54, 1.807) is 6.92 Å². The van der Waals surface area contributed by atoms with Crippen molar-refractivity contribution in [2.75, 3.05) is 21.3 Å². The molecular formula is C22H29N3O12. The number of ether oxygens (including phenoxy) is 4. The Morgan fingerprint density at radius 1 is 0.919 bits per heavy atom. The lowest BCUT2D eigenvalue weighted by atomic mass is 10.1. The number of rotatable bonds is 12. The van der Waals surface area contributed by atoms with Crippen LogP contribution in [0, 0.1) is 0 Å². The lowest BCUT2D eigenvalue weighted by molar-refractivity contribution is -0.159. The summed E-state index contributed by atoms with van der Waals surface area (Å²) in [4.78, 5) is 71.7. The molecule has 0 fully saturated rings. The van der Waals surface area contributed by atoms with Crippen molar-refractivity contribution in [2.45, 2.75) is 44.7 Å². The predicted octanol–water partition coefficient (Wildman–Crippen LogP) is 1.07. The number of hydroxylamine groups is 2. The number of hydrogen-bond acceptors (Lipinski definition) is 11. The lowest BCUT2D eigenvalue weighted by Gasteiger charge is -2.21. The van der Waals surface area contributed by atoms with Gasteiger partial charge in [0, 0.05) is 19.0 Å². The topological polar surface area (TPSA) is 207 Å². The van der Waals surface area contributed by atoms with Crippen molar-refractivity contribution >= 4 is 36.0 Å². The van der Waals surface area contributed by atoms with Crippen molar-refractivity contribution in [3.8, 4) is 11.5 Å². The molecule has 4 N–H and O–H groups in total. The van der Waals surface area contributed by atoms with E-state index in [0.29, 0.717) is 11.5 Å². The second kappa shape index (κ2) is 14.9. The van der Waals surface area contributed by atoms with E-state index in [0.717, 1.165) is 33.4 Å². The third-order valence-corrected chi connectivity index (χ3v) is 4.75. The smallest absolute Gasteiger partial charge is 0.480 e. The fourth-order valence-electron chi connectivity index (χ4n) is 2.83. The molecule has 0 unspecified atom stereocenters. The van der Waals surface area contributed by atoms with Crippen molar-refractivity contribution < 1.29 is 58.0 Å². The average Bonchev–Trinajstić information content (AvgIpc) is 2.86. The van der Waals surface area contributed by atoms with Crippen molar-refractivity contribution in [3.63, 3.8) is 0 Å². The van der Waals surface area contributed by atoms with E-state index in [2.05, 4.69) is 20.1 Å². The number of amides is 3. The van der Waals surface area contributed by atoms with E-state index in [1.165, 1.54) is 6.07 Å². The Morgan fingerprint density at radius 3 is 2.03 bits per heavy atom. The van der Waals surface area contributed by atoms with Crippen LogP contribution in [-0.2, 0) is 23.9 Å². The van der Waals surface area contributed by atoms with Crippen LogP contribution in [0.3, 0.4) is 0 Å². The van der Waals surface area contributed by atoms with E-state index >= 15 is 0 Å². The summed E-state index contributed by atoms with van der Waals surface area (Å²) in [6, 6.07) is 0.807. The van der Waals surface area contributed by atoms with E-state index in [9.17, 15) is 33.9 Å². The van der Waals surface area contributed by atoms with Crippen LogP contribution in [0.5, 0.6) is 11.5 Å². The standard InChI is InChI=1S/C22H29N3O12/c1-5-6-13(19(28)24-14(20(29)30)8-10-17(26)25(2)33)23-18(27)12-7-9-15(36-21(31)34-3)16(11-12)37-22(32)35-4/h7,9,11,13-14,33H,5-6,8,10H2,1-4H3,(H,23,27)(H,24,28)(H,29,30)/t13-,14-/m0/s1. The van der Waals surface area contributed by atoms with Crippen molar-refractivity contribution in [1.82, 2.24) is 15.7 Å². The molecular weight excluding hydrogens is 498 g/mol. The zero-order chi connectivity index (χ0) is 28.1. The quantitative estimate of drug-likeness (QED) is 0.130. The van der Waals surface area contributed by atoms with Gasteiger partial charge in [-0.25, -0.2) is 19.4 Å². The van der Waals surface area contributed by atoms with Crippen LogP contribution in [0.1, 0.15) is 43.0 Å². The molecule has 0 radical (unpaired) electrons. The lowest BCUT2D eigenvalue weighted by Crippen LogP contribution is -2.51. The third-order valence-electron chi connectivity index (χ3n) is 4.75. The van der Waals surface area contributed by atoms with Crippen molar-refractivity contribution in [3.05, 3.63) is 23.8 Å². The molecule has 0 heterocycles. The minimum atomic E-state index is -1.46. The van der Waals surface area contributed by atoms with Gasteiger partial charge in [0.15, 0.2) is 11.5 Å². The molecule has 2 atom stereocenters. The van der Waals surface area contributed by atoms with E-state index < -0.39 is 48.1 Å². The van der Waals surface area contributed by atoms with Gasteiger partial charge in [-0.2, -0.15) is 0 Å². The summed E-state index contributed by atoms with van der Waals surface area (Å²) in [7, 11) is 3.18. The number of hydrogen-bond donors (Lipinski definition) is 4. The van der Waals surface area contributed by atoms with Crippen LogP contribution in [0.15, 0.2) is 18.2 Å². The van der Waals surface area contributed by atoms with Crippen LogP contribution >= 0.6 is 0 Å². The first kappa shape index (κ1) is 30.6. The Bertz CT molecular complexity index is 1010. The van der Waals surface area contributed by atoms with Crippen LogP contribution < -0.4 is 20.1 Å². The highest BCUT2D eigenvalue weighted by Gasteiger charge is 2.28. The van der Waals surface area contributed by atoms with Gasteiger partial charge >= 0.3 is 18.3 Å². The second-order valence-corrected chi connectivity index (χ2v) is 7.44. The Labute approximate surface area is 211 Å². The monoisotopic (exact) mass is 527 g/mol. The van der Waals surface area contributed by atoms with Crippen LogP contribution in [0.25, 0.3) is 0 Å². The number of benzene rings is 1. The summed E-state index contributed by atoms with van der Waals surface area (Å²) >= 11 is 0. The minimum Gasteiger partial charge on any atom is -0.480 e. The predicted molar refractivity (Wildman–Crippen MR) is 122 cm³/mol. The fourth-order valence-corrected chi connectivity index (χ4v) is 2.83. The normalized spacial score (nSPS) is 11.8. The molecule has 1 aromatic rings. The molecule has 3 amide bonds. The molecule has 0 aliphatic heterocycles. The van der Waals surface area contributed by atoms with Gasteiger partial charge in [0.2, 0.25) is 11.8 Å². The maximum Gasteiger partial charge on any atom is 0.513 e. The SMILES string of the molecule is CCC[C@H](NC(=O)c1ccc(OC(=O)OC)c(OC(=O)OC)c1)C(=O)N[C@@H](CCC(=O)N(C)O)C(=O)O. The molecule has 15 heteroatoms. The Hall–Kier alpha value is -4.40. The minimum absolute atomic E-state index is 0.101. The first-order valence-electron chi connectivity index (χ1n) is 10.9. The summed E-state index contributed by atoms with van der Waals surface area (Å²) in [6.07, 6.45) is -2.36. The van der Waals surface area contributed by atoms with Crippen LogP contribution in [0.4, 0.5) is 9.59 Å². The first-order chi connectivity index (χ1) is 17.4. The van der Waals surface area contributed by atoms with E-state index in [1.807, 2.05) is 0 Å². The third kappa shape index (κ3) is 10.0. The first-order valence-corrected chi connectivity index (χ1v) is 10.9. The Kier molecular flexibility index (Phi) is 12.3. The summed E-state index contributed by atoms with van der Waals surface area (Å²) < 4.78 is 18.6. The number of carbonyl (C=O) groups is 6. The number of aliphatic carboxylic acids is 1. The summed E-state index contributed by atoms with van der Waals surface area (Å²) in [6.45, 7) is 1.73. The molecule has 0 saturated carbocycles. The Morgan fingerprint density at radius 2 is 1.51 bits per heavy atom. The maximum atomic E-state index is 12.9. The van der Waals surface area contributed by atoms with Gasteiger partial charge in [-0.1, -0.05) is 13.3 Å². The highest BCUT2D eigenvalue weighted by Crippen LogP contribution is 2.29.